The second-order valence-electron chi connectivity index (χ2n) is 6.75. The second-order valence-corrected chi connectivity index (χ2v) is 7.19. The van der Waals surface area contributed by atoms with Gasteiger partial charge in [0, 0.05) is 50.6 Å². The van der Waals surface area contributed by atoms with E-state index in [9.17, 15) is 19.3 Å². The molecule has 0 saturated carbocycles. The van der Waals surface area contributed by atoms with Crippen molar-refractivity contribution in [2.75, 3.05) is 0 Å². The van der Waals surface area contributed by atoms with Crippen molar-refractivity contribution in [1.29, 1.82) is 0 Å². The molecule has 0 atom stereocenters. The number of pyridine rings is 1. The minimum atomic E-state index is -0.644. The molecule has 0 bridgehead atoms. The molecule has 30 heavy (non-hydrogen) atoms. The van der Waals surface area contributed by atoms with E-state index in [-0.39, 0.29) is 29.0 Å². The molecular weight excluding hydrogens is 413 g/mol. The lowest BCUT2D eigenvalue weighted by Gasteiger charge is -2.08. The first kappa shape index (κ1) is 18.3. The van der Waals surface area contributed by atoms with Gasteiger partial charge in [-0.1, -0.05) is 11.6 Å². The van der Waals surface area contributed by atoms with Crippen molar-refractivity contribution in [2.45, 2.75) is 6.54 Å². The van der Waals surface area contributed by atoms with Gasteiger partial charge in [0.25, 0.3) is 5.69 Å². The zero-order valence-corrected chi connectivity index (χ0v) is 15.9. The maximum absolute atomic E-state index is 14.5. The number of hydrogen-bond acceptors (Lipinski definition) is 5. The number of nitro benzene ring substituents is 1. The minimum Gasteiger partial charge on any atom is -0.402 e. The summed E-state index contributed by atoms with van der Waals surface area (Å²) < 4.78 is 21.4. The Morgan fingerprint density at radius 1 is 1.17 bits per heavy atom. The van der Waals surface area contributed by atoms with Crippen molar-refractivity contribution in [2.24, 2.45) is 0 Å². The Morgan fingerprint density at radius 3 is 2.80 bits per heavy atom. The molecule has 9 heteroatoms. The third-order valence-corrected chi connectivity index (χ3v) is 5.25. The Morgan fingerprint density at radius 2 is 2.00 bits per heavy atom. The molecule has 0 fully saturated rings. The number of aromatic nitrogens is 2. The third kappa shape index (κ3) is 2.73. The lowest BCUT2D eigenvalue weighted by atomic mass is 10.1. The van der Waals surface area contributed by atoms with E-state index in [1.165, 1.54) is 6.20 Å². The van der Waals surface area contributed by atoms with E-state index < -0.39 is 16.4 Å². The number of rotatable bonds is 3. The first-order chi connectivity index (χ1) is 14.4. The molecule has 0 aliphatic rings. The zero-order valence-electron chi connectivity index (χ0n) is 15.1. The van der Waals surface area contributed by atoms with Crippen LogP contribution < -0.4 is 5.63 Å². The van der Waals surface area contributed by atoms with Crippen LogP contribution in [0.2, 0.25) is 5.02 Å². The van der Waals surface area contributed by atoms with Gasteiger partial charge in [0.15, 0.2) is 0 Å². The average Bonchev–Trinajstić information content (AvgIpc) is 3.04. The molecular formula is C21H11ClFN3O4. The van der Waals surface area contributed by atoms with Crippen molar-refractivity contribution in [1.82, 2.24) is 9.55 Å². The van der Waals surface area contributed by atoms with Crippen molar-refractivity contribution in [3.63, 3.8) is 0 Å². The zero-order chi connectivity index (χ0) is 21.0. The van der Waals surface area contributed by atoms with E-state index in [1.807, 2.05) is 0 Å². The Bertz CT molecular complexity index is 1560. The molecule has 0 spiro atoms. The molecule has 148 valence electrons. The molecule has 5 rings (SSSR count). The number of halogens is 2. The van der Waals surface area contributed by atoms with E-state index in [4.69, 9.17) is 16.0 Å². The smallest absolute Gasteiger partial charge is 0.362 e. The minimum absolute atomic E-state index is 0.0728. The predicted molar refractivity (Wildman–Crippen MR) is 110 cm³/mol. The molecule has 0 unspecified atom stereocenters. The topological polar surface area (TPSA) is 91.2 Å². The highest BCUT2D eigenvalue weighted by molar-refractivity contribution is 6.32. The summed E-state index contributed by atoms with van der Waals surface area (Å²) in [5, 5.41) is 13.5. The van der Waals surface area contributed by atoms with Gasteiger partial charge < -0.3 is 8.98 Å². The second kappa shape index (κ2) is 6.64. The number of benzene rings is 2. The molecule has 3 heterocycles. The summed E-state index contributed by atoms with van der Waals surface area (Å²) in [6.07, 6.45) is 1.52. The van der Waals surface area contributed by atoms with Crippen LogP contribution in [0.4, 0.5) is 10.1 Å². The van der Waals surface area contributed by atoms with Crippen molar-refractivity contribution >= 4 is 50.2 Å². The summed E-state index contributed by atoms with van der Waals surface area (Å²) in [6.45, 7) is -0.105. The summed E-state index contributed by atoms with van der Waals surface area (Å²) in [5.41, 5.74) is 0.188. The molecule has 2 aromatic carbocycles. The van der Waals surface area contributed by atoms with Gasteiger partial charge in [-0.05, 0) is 36.4 Å². The number of hydrogen-bond donors (Lipinski definition) is 0. The fraction of sp³-hybridized carbons (Fsp3) is 0.0476. The maximum Gasteiger partial charge on any atom is 0.362 e. The highest BCUT2D eigenvalue weighted by atomic mass is 35.5. The molecule has 7 nitrogen and oxygen atoms in total. The fourth-order valence-electron chi connectivity index (χ4n) is 3.74. The summed E-state index contributed by atoms with van der Waals surface area (Å²) in [6, 6.07) is 11.9. The summed E-state index contributed by atoms with van der Waals surface area (Å²) in [5.74, 6) is -0.614. The Balaban J connectivity index is 1.89. The quantitative estimate of drug-likeness (QED) is 0.299. The highest BCUT2D eigenvalue weighted by Crippen LogP contribution is 2.34. The SMILES string of the molecule is O=c1oc2ncccc2c2c3cc(Cl)ccc3n(Cc3cc([N+](=O)[O-])ccc3F)c12. The molecule has 0 aliphatic heterocycles. The number of fused-ring (bicyclic) bond motifs is 5. The van der Waals surface area contributed by atoms with Crippen LogP contribution in [-0.2, 0) is 6.54 Å². The Kier molecular flexibility index (Phi) is 4.04. The van der Waals surface area contributed by atoms with Gasteiger partial charge >= 0.3 is 5.63 Å². The molecule has 0 aliphatic carbocycles. The molecule has 0 radical (unpaired) electrons. The largest absolute Gasteiger partial charge is 0.402 e. The first-order valence-electron chi connectivity index (χ1n) is 8.86. The molecule has 0 saturated heterocycles. The van der Waals surface area contributed by atoms with E-state index >= 15 is 0 Å². The van der Waals surface area contributed by atoms with Crippen LogP contribution in [-0.4, -0.2) is 14.5 Å². The van der Waals surface area contributed by atoms with Crippen molar-refractivity contribution in [3.8, 4) is 0 Å². The van der Waals surface area contributed by atoms with Gasteiger partial charge in [-0.15, -0.1) is 0 Å². The van der Waals surface area contributed by atoms with Gasteiger partial charge in [0.1, 0.15) is 11.3 Å². The Labute approximate surface area is 172 Å². The van der Waals surface area contributed by atoms with Crippen LogP contribution in [0.3, 0.4) is 0 Å². The molecule has 0 N–H and O–H groups in total. The summed E-state index contributed by atoms with van der Waals surface area (Å²) in [7, 11) is 0. The lowest BCUT2D eigenvalue weighted by Crippen LogP contribution is -2.09. The van der Waals surface area contributed by atoms with Gasteiger partial charge in [-0.25, -0.2) is 14.2 Å². The number of nitro groups is 1. The molecule has 0 amide bonds. The number of nitrogens with zero attached hydrogens (tertiary/aromatic N) is 3. The first-order valence-corrected chi connectivity index (χ1v) is 9.24. The third-order valence-electron chi connectivity index (χ3n) is 5.02. The lowest BCUT2D eigenvalue weighted by molar-refractivity contribution is -0.385. The predicted octanol–water partition coefficient (Wildman–Crippen LogP) is 5.04. The van der Waals surface area contributed by atoms with E-state index in [2.05, 4.69) is 4.98 Å². The molecule has 3 aromatic heterocycles. The van der Waals surface area contributed by atoms with E-state index in [0.717, 1.165) is 18.2 Å². The van der Waals surface area contributed by atoms with Gasteiger partial charge in [0.05, 0.1) is 11.5 Å². The standard InChI is InChI=1S/C21H11ClFN3O4/c22-12-3-6-17-15(9-12)18-14-2-1-7-24-20(14)30-21(27)19(18)25(17)10-11-8-13(26(28)29)4-5-16(11)23/h1-9H,10H2. The van der Waals surface area contributed by atoms with Crippen LogP contribution in [0.15, 0.2) is 63.9 Å². The highest BCUT2D eigenvalue weighted by Gasteiger charge is 2.21. The molecule has 5 aromatic rings. The van der Waals surface area contributed by atoms with Crippen LogP contribution in [0.1, 0.15) is 5.56 Å². The average molecular weight is 424 g/mol. The van der Waals surface area contributed by atoms with Crippen molar-refractivity contribution < 1.29 is 13.7 Å². The summed E-state index contributed by atoms with van der Waals surface area (Å²) in [4.78, 5) is 27.5. The van der Waals surface area contributed by atoms with Crippen molar-refractivity contribution in [3.05, 3.63) is 91.7 Å². The monoisotopic (exact) mass is 423 g/mol. The maximum atomic E-state index is 14.5. The fourth-order valence-corrected chi connectivity index (χ4v) is 3.91. The van der Waals surface area contributed by atoms with Gasteiger partial charge in [0.2, 0.25) is 5.71 Å². The normalized spacial score (nSPS) is 11.5. The number of non-ortho nitro benzene ring substituents is 1. The van der Waals surface area contributed by atoms with E-state index in [1.54, 1.807) is 34.9 Å². The van der Waals surface area contributed by atoms with Crippen LogP contribution in [0.25, 0.3) is 32.9 Å². The van der Waals surface area contributed by atoms with Gasteiger partial charge in [-0.3, -0.25) is 10.1 Å². The van der Waals surface area contributed by atoms with Crippen LogP contribution in [0, 0.1) is 15.9 Å². The Hall–Kier alpha value is -3.78. The van der Waals surface area contributed by atoms with Crippen LogP contribution >= 0.6 is 11.6 Å². The van der Waals surface area contributed by atoms with Gasteiger partial charge in [-0.2, -0.15) is 0 Å². The van der Waals surface area contributed by atoms with E-state index in [0.29, 0.717) is 26.7 Å². The summed E-state index contributed by atoms with van der Waals surface area (Å²) >= 11 is 6.20. The van der Waals surface area contributed by atoms with Crippen LogP contribution in [0.5, 0.6) is 0 Å².